The maximum atomic E-state index is 11.4. The van der Waals surface area contributed by atoms with Crippen molar-refractivity contribution in [1.82, 2.24) is 14.8 Å². The van der Waals surface area contributed by atoms with E-state index in [0.717, 1.165) is 61.4 Å². The second-order valence-electron chi connectivity index (χ2n) is 6.40. The molecule has 6 nitrogen and oxygen atoms in total. The fourth-order valence-corrected chi connectivity index (χ4v) is 3.27. The molecule has 25 heavy (non-hydrogen) atoms. The molecule has 0 saturated carbocycles. The van der Waals surface area contributed by atoms with Crippen molar-refractivity contribution in [2.24, 2.45) is 0 Å². The molecule has 0 spiro atoms. The summed E-state index contributed by atoms with van der Waals surface area (Å²) in [5.41, 5.74) is 3.46. The first kappa shape index (κ1) is 17.2. The predicted molar refractivity (Wildman–Crippen MR) is 98.4 cm³/mol. The van der Waals surface area contributed by atoms with Crippen LogP contribution in [0.15, 0.2) is 24.4 Å². The van der Waals surface area contributed by atoms with Gasteiger partial charge in [-0.05, 0) is 12.5 Å². The molecule has 1 saturated heterocycles. The third kappa shape index (κ3) is 3.72. The minimum absolute atomic E-state index is 0.148. The number of benzene rings is 1. The number of aryl methyl sites for hydroxylation is 1. The van der Waals surface area contributed by atoms with Crippen LogP contribution in [-0.2, 0) is 4.79 Å². The summed E-state index contributed by atoms with van der Waals surface area (Å²) in [6.45, 7) is 8.64. The molecule has 2 heterocycles. The van der Waals surface area contributed by atoms with Crippen LogP contribution in [0.1, 0.15) is 18.1 Å². The van der Waals surface area contributed by atoms with Gasteiger partial charge in [-0.2, -0.15) is 5.26 Å². The lowest BCUT2D eigenvalue weighted by Gasteiger charge is -2.34. The first-order chi connectivity index (χ1) is 12.1. The van der Waals surface area contributed by atoms with E-state index in [9.17, 15) is 10.1 Å². The normalized spacial score (nSPS) is 15.2. The number of fused-ring (bicyclic) bond motifs is 1. The fourth-order valence-electron chi connectivity index (χ4n) is 3.27. The lowest BCUT2D eigenvalue weighted by Crippen LogP contribution is -2.49. The van der Waals surface area contributed by atoms with Crippen LogP contribution in [0.2, 0.25) is 0 Å². The first-order valence-electron chi connectivity index (χ1n) is 8.60. The summed E-state index contributed by atoms with van der Waals surface area (Å²) in [6, 6.07) is 8.26. The van der Waals surface area contributed by atoms with Crippen molar-refractivity contribution in [2.75, 3.05) is 44.6 Å². The van der Waals surface area contributed by atoms with Crippen molar-refractivity contribution in [3.05, 3.63) is 35.5 Å². The number of carbonyl (C=O) groups excluding carboxylic acids is 1. The molecule has 1 aliphatic rings. The molecule has 1 N–H and O–H groups in total. The molecule has 1 aliphatic heterocycles. The van der Waals surface area contributed by atoms with Crippen LogP contribution in [0.25, 0.3) is 10.9 Å². The monoisotopic (exact) mass is 337 g/mol. The number of pyridine rings is 1. The summed E-state index contributed by atoms with van der Waals surface area (Å²) in [5.74, 6) is 0.148. The van der Waals surface area contributed by atoms with Gasteiger partial charge in [-0.3, -0.25) is 14.7 Å². The number of para-hydroxylation sites is 1. The number of aromatic nitrogens is 1. The van der Waals surface area contributed by atoms with E-state index in [1.807, 2.05) is 30.0 Å². The zero-order valence-electron chi connectivity index (χ0n) is 14.7. The molecule has 0 atom stereocenters. The molecule has 1 amide bonds. The highest BCUT2D eigenvalue weighted by molar-refractivity contribution is 5.95. The van der Waals surface area contributed by atoms with Crippen LogP contribution in [-0.4, -0.2) is 60.0 Å². The highest BCUT2D eigenvalue weighted by atomic mass is 16.2. The summed E-state index contributed by atoms with van der Waals surface area (Å²) in [4.78, 5) is 20.0. The third-order valence-corrected chi connectivity index (χ3v) is 4.77. The van der Waals surface area contributed by atoms with Crippen molar-refractivity contribution in [3.8, 4) is 6.07 Å². The zero-order valence-corrected chi connectivity index (χ0v) is 14.7. The van der Waals surface area contributed by atoms with Gasteiger partial charge < -0.3 is 10.2 Å². The minimum Gasteiger partial charge on any atom is -0.382 e. The summed E-state index contributed by atoms with van der Waals surface area (Å²) >= 11 is 0. The summed E-state index contributed by atoms with van der Waals surface area (Å²) in [5, 5.41) is 13.8. The average molecular weight is 337 g/mol. The zero-order chi connectivity index (χ0) is 17.8. The molecular weight excluding hydrogens is 314 g/mol. The van der Waals surface area contributed by atoms with Gasteiger partial charge in [-0.15, -0.1) is 0 Å². The van der Waals surface area contributed by atoms with Gasteiger partial charge in [0.25, 0.3) is 0 Å². The maximum absolute atomic E-state index is 11.4. The Morgan fingerprint density at radius 2 is 2.08 bits per heavy atom. The highest BCUT2D eigenvalue weighted by Crippen LogP contribution is 2.27. The van der Waals surface area contributed by atoms with E-state index in [2.05, 4.69) is 21.3 Å². The number of nitrogens with one attached hydrogen (secondary N) is 1. The van der Waals surface area contributed by atoms with Crippen molar-refractivity contribution >= 4 is 22.5 Å². The van der Waals surface area contributed by atoms with E-state index in [-0.39, 0.29) is 5.91 Å². The maximum Gasteiger partial charge on any atom is 0.219 e. The lowest BCUT2D eigenvalue weighted by atomic mass is 10.1. The van der Waals surface area contributed by atoms with Gasteiger partial charge >= 0.3 is 0 Å². The van der Waals surface area contributed by atoms with Gasteiger partial charge in [0.15, 0.2) is 0 Å². The molecular formula is C19H23N5O. The van der Waals surface area contributed by atoms with Crippen LogP contribution in [0, 0.1) is 18.3 Å². The molecule has 0 bridgehead atoms. The molecule has 0 radical (unpaired) electrons. The molecule has 130 valence electrons. The quantitative estimate of drug-likeness (QED) is 0.924. The van der Waals surface area contributed by atoms with Gasteiger partial charge in [0.05, 0.1) is 16.8 Å². The van der Waals surface area contributed by atoms with Crippen molar-refractivity contribution in [2.45, 2.75) is 13.8 Å². The van der Waals surface area contributed by atoms with Crippen molar-refractivity contribution < 1.29 is 4.79 Å². The lowest BCUT2D eigenvalue weighted by molar-refractivity contribution is -0.130. The molecule has 2 aromatic rings. The van der Waals surface area contributed by atoms with Crippen LogP contribution in [0.5, 0.6) is 0 Å². The van der Waals surface area contributed by atoms with Crippen LogP contribution in [0.4, 0.5) is 5.69 Å². The SMILES string of the molecule is CC(=O)N1CCN(CCNc2c(C#N)cnc3c(C)cccc23)CC1. The number of amides is 1. The molecule has 1 aromatic heterocycles. The van der Waals surface area contributed by atoms with Crippen LogP contribution in [0.3, 0.4) is 0 Å². The van der Waals surface area contributed by atoms with Crippen molar-refractivity contribution in [1.29, 1.82) is 5.26 Å². The van der Waals surface area contributed by atoms with E-state index >= 15 is 0 Å². The van der Waals surface area contributed by atoms with Gasteiger partial charge in [-0.1, -0.05) is 18.2 Å². The molecule has 3 rings (SSSR count). The molecule has 6 heteroatoms. The smallest absolute Gasteiger partial charge is 0.219 e. The predicted octanol–water partition coefficient (Wildman–Crippen LogP) is 1.99. The number of nitrogens with zero attached hydrogens (tertiary/aromatic N) is 4. The standard InChI is InChI=1S/C19H23N5O/c1-14-4-3-5-17-18(14)22-13-16(12-20)19(17)21-6-7-23-8-10-24(11-9-23)15(2)25/h3-5,13H,6-11H2,1-2H3,(H,21,22). The molecule has 0 unspecified atom stereocenters. The number of carbonyl (C=O) groups is 1. The Balaban J connectivity index is 1.67. The van der Waals surface area contributed by atoms with Gasteiger partial charge in [0, 0.05) is 57.8 Å². The highest BCUT2D eigenvalue weighted by Gasteiger charge is 2.18. The van der Waals surface area contributed by atoms with E-state index in [4.69, 9.17) is 0 Å². The van der Waals surface area contributed by atoms with Gasteiger partial charge in [0.2, 0.25) is 5.91 Å². The Labute approximate surface area is 148 Å². The Morgan fingerprint density at radius 3 is 2.76 bits per heavy atom. The van der Waals surface area contributed by atoms with Crippen LogP contribution >= 0.6 is 0 Å². The van der Waals surface area contributed by atoms with Gasteiger partial charge in [-0.25, -0.2) is 0 Å². The second-order valence-corrected chi connectivity index (χ2v) is 6.40. The molecule has 1 aromatic carbocycles. The number of rotatable bonds is 4. The number of hydrogen-bond donors (Lipinski definition) is 1. The first-order valence-corrected chi connectivity index (χ1v) is 8.60. The Morgan fingerprint density at radius 1 is 1.32 bits per heavy atom. The Hall–Kier alpha value is -2.65. The molecule has 0 aliphatic carbocycles. The van der Waals surface area contributed by atoms with Crippen molar-refractivity contribution in [3.63, 3.8) is 0 Å². The summed E-state index contributed by atoms with van der Waals surface area (Å²) in [7, 11) is 0. The van der Waals surface area contributed by atoms with E-state index in [0.29, 0.717) is 5.56 Å². The van der Waals surface area contributed by atoms with E-state index in [1.54, 1.807) is 13.1 Å². The Bertz CT molecular complexity index is 818. The average Bonchev–Trinajstić information content (AvgIpc) is 2.62. The summed E-state index contributed by atoms with van der Waals surface area (Å²) in [6.07, 6.45) is 1.64. The minimum atomic E-state index is 0.148. The largest absolute Gasteiger partial charge is 0.382 e. The van der Waals surface area contributed by atoms with E-state index < -0.39 is 0 Å². The second kappa shape index (κ2) is 7.49. The third-order valence-electron chi connectivity index (χ3n) is 4.77. The number of anilines is 1. The number of nitriles is 1. The number of piperazine rings is 1. The number of hydrogen-bond acceptors (Lipinski definition) is 5. The summed E-state index contributed by atoms with van der Waals surface area (Å²) < 4.78 is 0. The Kier molecular flexibility index (Phi) is 5.15. The fraction of sp³-hybridized carbons (Fsp3) is 0.421. The van der Waals surface area contributed by atoms with Gasteiger partial charge in [0.1, 0.15) is 6.07 Å². The molecule has 1 fully saturated rings. The topological polar surface area (TPSA) is 72.3 Å². The van der Waals surface area contributed by atoms with Crippen LogP contribution < -0.4 is 5.32 Å². The van der Waals surface area contributed by atoms with E-state index in [1.165, 1.54) is 0 Å².